The van der Waals surface area contributed by atoms with Crippen LogP contribution in [0.3, 0.4) is 0 Å². The molecule has 1 N–H and O–H groups in total. The Morgan fingerprint density at radius 3 is 2.48 bits per heavy atom. The van der Waals surface area contributed by atoms with Gasteiger partial charge in [0.1, 0.15) is 5.58 Å². The van der Waals surface area contributed by atoms with Gasteiger partial charge in [0, 0.05) is 30.1 Å². The minimum Gasteiger partial charge on any atom is -0.464 e. The summed E-state index contributed by atoms with van der Waals surface area (Å²) in [5.41, 5.74) is 5.11. The number of carbonyl (C=O) groups excluding carboxylic acids is 2. The van der Waals surface area contributed by atoms with Gasteiger partial charge in [-0.25, -0.2) is 0 Å². The number of aryl methyl sites for hydroxylation is 1. The first kappa shape index (κ1) is 21.0. The summed E-state index contributed by atoms with van der Waals surface area (Å²) in [6.45, 7) is 2.91. The van der Waals surface area contributed by atoms with Crippen LogP contribution in [0.5, 0.6) is 0 Å². The molecule has 5 heteroatoms. The fraction of sp³-hybridized carbons (Fsp3) is 0.214. The fourth-order valence-corrected chi connectivity index (χ4v) is 4.22. The minimum atomic E-state index is -0.162. The molecule has 0 radical (unpaired) electrons. The van der Waals surface area contributed by atoms with Gasteiger partial charge >= 0.3 is 0 Å². The molecule has 2 amide bonds. The van der Waals surface area contributed by atoms with Gasteiger partial charge < -0.3 is 14.6 Å². The Kier molecular flexibility index (Phi) is 5.69. The van der Waals surface area contributed by atoms with E-state index in [4.69, 9.17) is 4.42 Å². The van der Waals surface area contributed by atoms with E-state index in [0.717, 1.165) is 29.4 Å². The average molecular weight is 439 g/mol. The maximum absolute atomic E-state index is 13.6. The second-order valence-corrected chi connectivity index (χ2v) is 8.54. The van der Waals surface area contributed by atoms with Crippen LogP contribution in [0.2, 0.25) is 0 Å². The van der Waals surface area contributed by atoms with Gasteiger partial charge in [-0.05, 0) is 55.2 Å². The lowest BCUT2D eigenvalue weighted by atomic mass is 9.98. The third kappa shape index (κ3) is 4.40. The SMILES string of the molecule is Cc1ccc(-c2ccccc2C(=O)N(CCNC(=O)c2cccc3occc23)C2CC2)cc1. The van der Waals surface area contributed by atoms with E-state index in [1.807, 2.05) is 41.3 Å². The number of benzene rings is 3. The molecule has 1 fully saturated rings. The molecule has 1 aliphatic carbocycles. The Morgan fingerprint density at radius 1 is 0.939 bits per heavy atom. The van der Waals surface area contributed by atoms with Crippen LogP contribution in [0.25, 0.3) is 22.1 Å². The van der Waals surface area contributed by atoms with Crippen molar-refractivity contribution in [3.63, 3.8) is 0 Å². The van der Waals surface area contributed by atoms with Crippen molar-refractivity contribution in [2.75, 3.05) is 13.1 Å². The Morgan fingerprint density at radius 2 is 1.70 bits per heavy atom. The number of nitrogens with one attached hydrogen (secondary N) is 1. The van der Waals surface area contributed by atoms with Crippen molar-refractivity contribution in [3.8, 4) is 11.1 Å². The van der Waals surface area contributed by atoms with E-state index >= 15 is 0 Å². The number of hydrogen-bond acceptors (Lipinski definition) is 3. The number of hydrogen-bond donors (Lipinski definition) is 1. The smallest absolute Gasteiger partial charge is 0.254 e. The molecule has 0 aliphatic heterocycles. The van der Waals surface area contributed by atoms with Gasteiger partial charge in [0.15, 0.2) is 0 Å². The Bertz CT molecular complexity index is 1300. The first-order valence-corrected chi connectivity index (χ1v) is 11.3. The van der Waals surface area contributed by atoms with Crippen molar-refractivity contribution in [1.82, 2.24) is 10.2 Å². The molecule has 1 aromatic heterocycles. The fourth-order valence-electron chi connectivity index (χ4n) is 4.22. The van der Waals surface area contributed by atoms with Gasteiger partial charge in [-0.1, -0.05) is 54.1 Å². The molecule has 1 heterocycles. The molecule has 5 nitrogen and oxygen atoms in total. The highest BCUT2D eigenvalue weighted by Crippen LogP contribution is 2.31. The second kappa shape index (κ2) is 8.94. The number of amides is 2. The highest BCUT2D eigenvalue weighted by molar-refractivity contribution is 6.06. The lowest BCUT2D eigenvalue weighted by Crippen LogP contribution is -2.40. The number of rotatable bonds is 7. The molecular formula is C28H26N2O3. The number of furan rings is 1. The zero-order valence-corrected chi connectivity index (χ0v) is 18.6. The van der Waals surface area contributed by atoms with E-state index in [-0.39, 0.29) is 17.9 Å². The van der Waals surface area contributed by atoms with Crippen molar-refractivity contribution in [3.05, 3.63) is 95.7 Å². The van der Waals surface area contributed by atoms with E-state index in [2.05, 4.69) is 36.5 Å². The van der Waals surface area contributed by atoms with Gasteiger partial charge in [0.25, 0.3) is 11.8 Å². The van der Waals surface area contributed by atoms with Gasteiger partial charge in [-0.3, -0.25) is 9.59 Å². The molecule has 1 saturated carbocycles. The first-order chi connectivity index (χ1) is 16.1. The quantitative estimate of drug-likeness (QED) is 0.418. The normalized spacial score (nSPS) is 13.1. The molecule has 3 aromatic carbocycles. The minimum absolute atomic E-state index is 0.0138. The molecule has 166 valence electrons. The highest BCUT2D eigenvalue weighted by Gasteiger charge is 2.33. The number of carbonyl (C=O) groups is 2. The predicted octanol–water partition coefficient (Wildman–Crippen LogP) is 5.44. The standard InChI is InChI=1S/C28H26N2O3/c1-19-9-11-20(12-10-19)22-5-2-3-6-25(22)28(32)30(21-13-14-21)17-16-29-27(31)24-7-4-8-26-23(24)15-18-33-26/h2-12,15,18,21H,13-14,16-17H2,1H3,(H,29,31). The molecular weight excluding hydrogens is 412 g/mol. The summed E-state index contributed by atoms with van der Waals surface area (Å²) in [7, 11) is 0. The van der Waals surface area contributed by atoms with Gasteiger partial charge in [-0.2, -0.15) is 0 Å². The van der Waals surface area contributed by atoms with Crippen LogP contribution in [-0.2, 0) is 0 Å². The molecule has 0 bridgehead atoms. The average Bonchev–Trinajstić information content (AvgIpc) is 3.56. The maximum Gasteiger partial charge on any atom is 0.254 e. The van der Waals surface area contributed by atoms with Crippen molar-refractivity contribution < 1.29 is 14.0 Å². The Hall–Kier alpha value is -3.86. The predicted molar refractivity (Wildman–Crippen MR) is 129 cm³/mol. The molecule has 0 spiro atoms. The van der Waals surface area contributed by atoms with Crippen LogP contribution >= 0.6 is 0 Å². The summed E-state index contributed by atoms with van der Waals surface area (Å²) in [5, 5.41) is 3.77. The molecule has 5 rings (SSSR count). The lowest BCUT2D eigenvalue weighted by Gasteiger charge is -2.24. The van der Waals surface area contributed by atoms with Crippen molar-refractivity contribution in [1.29, 1.82) is 0 Å². The molecule has 0 atom stereocenters. The Balaban J connectivity index is 1.31. The molecule has 4 aromatic rings. The van der Waals surface area contributed by atoms with E-state index in [1.165, 1.54) is 5.56 Å². The second-order valence-electron chi connectivity index (χ2n) is 8.54. The molecule has 0 saturated heterocycles. The van der Waals surface area contributed by atoms with Crippen molar-refractivity contribution in [2.45, 2.75) is 25.8 Å². The van der Waals surface area contributed by atoms with Crippen LogP contribution < -0.4 is 5.32 Å². The van der Waals surface area contributed by atoms with Gasteiger partial charge in [0.2, 0.25) is 0 Å². The van der Waals surface area contributed by atoms with Crippen molar-refractivity contribution in [2.24, 2.45) is 0 Å². The summed E-state index contributed by atoms with van der Waals surface area (Å²) in [6, 6.07) is 23.5. The largest absolute Gasteiger partial charge is 0.464 e. The molecule has 33 heavy (non-hydrogen) atoms. The molecule has 1 aliphatic rings. The highest BCUT2D eigenvalue weighted by atomic mass is 16.3. The topological polar surface area (TPSA) is 62.6 Å². The lowest BCUT2D eigenvalue weighted by molar-refractivity contribution is 0.0737. The van der Waals surface area contributed by atoms with E-state index in [0.29, 0.717) is 29.8 Å². The summed E-state index contributed by atoms with van der Waals surface area (Å²) in [5.74, 6) is -0.148. The van der Waals surface area contributed by atoms with E-state index in [1.54, 1.807) is 18.4 Å². The summed E-state index contributed by atoms with van der Waals surface area (Å²) < 4.78 is 5.39. The van der Waals surface area contributed by atoms with Crippen LogP contribution in [0.4, 0.5) is 0 Å². The Labute approximate surface area is 193 Å². The zero-order chi connectivity index (χ0) is 22.8. The summed E-state index contributed by atoms with van der Waals surface area (Å²) in [4.78, 5) is 28.3. The van der Waals surface area contributed by atoms with Gasteiger partial charge in [0.05, 0.1) is 11.8 Å². The van der Waals surface area contributed by atoms with Crippen LogP contribution in [-0.4, -0.2) is 35.8 Å². The van der Waals surface area contributed by atoms with Gasteiger partial charge in [-0.15, -0.1) is 0 Å². The zero-order valence-electron chi connectivity index (χ0n) is 18.6. The molecule has 0 unspecified atom stereocenters. The summed E-state index contributed by atoms with van der Waals surface area (Å²) >= 11 is 0. The van der Waals surface area contributed by atoms with Crippen LogP contribution in [0.15, 0.2) is 83.5 Å². The third-order valence-electron chi connectivity index (χ3n) is 6.15. The van der Waals surface area contributed by atoms with Crippen LogP contribution in [0, 0.1) is 6.92 Å². The van der Waals surface area contributed by atoms with Crippen LogP contribution in [0.1, 0.15) is 39.1 Å². The number of nitrogens with zero attached hydrogens (tertiary/aromatic N) is 1. The van der Waals surface area contributed by atoms with E-state index in [9.17, 15) is 9.59 Å². The first-order valence-electron chi connectivity index (χ1n) is 11.3. The summed E-state index contributed by atoms with van der Waals surface area (Å²) in [6.07, 6.45) is 3.59. The number of fused-ring (bicyclic) bond motifs is 1. The monoisotopic (exact) mass is 438 g/mol. The van der Waals surface area contributed by atoms with E-state index < -0.39 is 0 Å². The maximum atomic E-state index is 13.6. The van der Waals surface area contributed by atoms with Crippen molar-refractivity contribution >= 4 is 22.8 Å². The third-order valence-corrected chi connectivity index (χ3v) is 6.15.